The van der Waals surface area contributed by atoms with E-state index in [2.05, 4.69) is 10.3 Å². The molecule has 0 fully saturated rings. The predicted molar refractivity (Wildman–Crippen MR) is 74.3 cm³/mol. The highest BCUT2D eigenvalue weighted by molar-refractivity contribution is 5.93. The topological polar surface area (TPSA) is 59.6 Å². The Bertz CT molecular complexity index is 520. The van der Waals surface area contributed by atoms with Crippen LogP contribution >= 0.6 is 0 Å². The summed E-state index contributed by atoms with van der Waals surface area (Å²) in [4.78, 5) is 4.26. The average molecular weight is 241 g/mol. The molecule has 0 aliphatic heterocycles. The first-order valence-electron chi connectivity index (χ1n) is 5.58. The van der Waals surface area contributed by atoms with Crippen molar-refractivity contribution >= 4 is 17.3 Å². The van der Waals surface area contributed by atoms with E-state index in [1.165, 1.54) is 0 Å². The van der Waals surface area contributed by atoms with Crippen molar-refractivity contribution in [1.29, 1.82) is 0 Å². The van der Waals surface area contributed by atoms with E-state index in [1.807, 2.05) is 54.6 Å². The van der Waals surface area contributed by atoms with Gasteiger partial charge < -0.3 is 15.8 Å². The van der Waals surface area contributed by atoms with E-state index in [1.54, 1.807) is 7.11 Å². The number of hydrogen-bond donors (Lipinski definition) is 2. The molecule has 0 unspecified atom stereocenters. The van der Waals surface area contributed by atoms with Gasteiger partial charge in [0.2, 0.25) is 0 Å². The number of aliphatic imine (C=N–C) groups is 1. The largest absolute Gasteiger partial charge is 0.497 e. The number of rotatable bonds is 3. The van der Waals surface area contributed by atoms with Crippen LogP contribution < -0.4 is 15.8 Å². The van der Waals surface area contributed by atoms with Gasteiger partial charge in [-0.15, -0.1) is 0 Å². The summed E-state index contributed by atoms with van der Waals surface area (Å²) in [6, 6.07) is 17.0. The van der Waals surface area contributed by atoms with Crippen molar-refractivity contribution in [3.8, 4) is 5.75 Å². The van der Waals surface area contributed by atoms with Crippen LogP contribution in [0.4, 0.5) is 11.4 Å². The van der Waals surface area contributed by atoms with Gasteiger partial charge in [-0.1, -0.05) is 18.2 Å². The van der Waals surface area contributed by atoms with Crippen LogP contribution in [-0.2, 0) is 0 Å². The molecule has 0 amide bonds. The summed E-state index contributed by atoms with van der Waals surface area (Å²) in [5.41, 5.74) is 7.50. The van der Waals surface area contributed by atoms with Gasteiger partial charge in [-0.25, -0.2) is 4.99 Å². The second-order valence-electron chi connectivity index (χ2n) is 3.69. The smallest absolute Gasteiger partial charge is 0.198 e. The number of hydrogen-bond acceptors (Lipinski definition) is 2. The molecule has 0 atom stereocenters. The maximum atomic E-state index is 5.82. The van der Waals surface area contributed by atoms with Crippen molar-refractivity contribution in [2.45, 2.75) is 0 Å². The molecule has 0 aliphatic carbocycles. The molecule has 4 nitrogen and oxygen atoms in total. The van der Waals surface area contributed by atoms with Crippen molar-refractivity contribution in [3.05, 3.63) is 54.6 Å². The van der Waals surface area contributed by atoms with Crippen LogP contribution in [0.15, 0.2) is 59.6 Å². The van der Waals surface area contributed by atoms with E-state index < -0.39 is 0 Å². The highest BCUT2D eigenvalue weighted by Crippen LogP contribution is 2.17. The lowest BCUT2D eigenvalue weighted by atomic mass is 10.3. The first-order chi connectivity index (χ1) is 8.78. The molecule has 2 aromatic carbocycles. The Morgan fingerprint density at radius 1 is 1.06 bits per heavy atom. The number of nitrogens with two attached hydrogens (primary N) is 1. The van der Waals surface area contributed by atoms with E-state index in [0.29, 0.717) is 5.96 Å². The number of nitrogens with one attached hydrogen (secondary N) is 1. The van der Waals surface area contributed by atoms with Crippen molar-refractivity contribution in [2.24, 2.45) is 10.7 Å². The van der Waals surface area contributed by atoms with E-state index in [9.17, 15) is 0 Å². The van der Waals surface area contributed by atoms with Gasteiger partial charge in [0, 0.05) is 5.69 Å². The standard InChI is InChI=1S/C14H15N3O/c1-18-13-9-7-12(8-10-13)17-14(15)16-11-5-3-2-4-6-11/h2-10H,1H3,(H3,15,16,17). The molecule has 0 aliphatic rings. The van der Waals surface area contributed by atoms with Crippen LogP contribution in [-0.4, -0.2) is 13.1 Å². The molecule has 0 saturated carbocycles. The van der Waals surface area contributed by atoms with Gasteiger partial charge in [0.05, 0.1) is 12.8 Å². The van der Waals surface area contributed by atoms with Crippen LogP contribution in [0.5, 0.6) is 5.75 Å². The molecule has 0 bridgehead atoms. The van der Waals surface area contributed by atoms with Crippen molar-refractivity contribution in [3.63, 3.8) is 0 Å². The Hall–Kier alpha value is -2.49. The van der Waals surface area contributed by atoms with E-state index in [4.69, 9.17) is 10.5 Å². The molecule has 0 radical (unpaired) electrons. The Morgan fingerprint density at radius 2 is 1.72 bits per heavy atom. The van der Waals surface area contributed by atoms with E-state index in [0.717, 1.165) is 17.1 Å². The molecule has 0 spiro atoms. The number of para-hydroxylation sites is 1. The van der Waals surface area contributed by atoms with Crippen molar-refractivity contribution < 1.29 is 4.74 Å². The SMILES string of the molecule is COc1ccc(N=C(N)Nc2ccccc2)cc1. The molecular formula is C14H15N3O. The summed E-state index contributed by atoms with van der Waals surface area (Å²) in [6.07, 6.45) is 0. The van der Waals surface area contributed by atoms with Crippen molar-refractivity contribution in [1.82, 2.24) is 0 Å². The van der Waals surface area contributed by atoms with Crippen LogP contribution in [0.25, 0.3) is 0 Å². The van der Waals surface area contributed by atoms with Crippen molar-refractivity contribution in [2.75, 3.05) is 12.4 Å². The lowest BCUT2D eigenvalue weighted by molar-refractivity contribution is 0.415. The zero-order valence-electron chi connectivity index (χ0n) is 10.1. The zero-order chi connectivity index (χ0) is 12.8. The third kappa shape index (κ3) is 3.25. The zero-order valence-corrected chi connectivity index (χ0v) is 10.1. The quantitative estimate of drug-likeness (QED) is 0.641. The molecule has 2 aromatic rings. The summed E-state index contributed by atoms with van der Waals surface area (Å²) < 4.78 is 5.07. The normalized spacial score (nSPS) is 11.1. The minimum atomic E-state index is 0.353. The fourth-order valence-electron chi connectivity index (χ4n) is 1.49. The minimum Gasteiger partial charge on any atom is -0.497 e. The Labute approximate surface area is 106 Å². The lowest BCUT2D eigenvalue weighted by Gasteiger charge is -2.05. The van der Waals surface area contributed by atoms with E-state index in [-0.39, 0.29) is 0 Å². The molecule has 0 saturated heterocycles. The molecule has 0 aromatic heterocycles. The molecule has 92 valence electrons. The summed E-state index contributed by atoms with van der Waals surface area (Å²) in [5.74, 6) is 1.15. The molecular weight excluding hydrogens is 226 g/mol. The van der Waals surface area contributed by atoms with Gasteiger partial charge in [0.15, 0.2) is 5.96 Å². The van der Waals surface area contributed by atoms with Crippen LogP contribution in [0.3, 0.4) is 0 Å². The molecule has 0 heterocycles. The number of benzene rings is 2. The van der Waals surface area contributed by atoms with Gasteiger partial charge in [0.1, 0.15) is 5.75 Å². The summed E-state index contributed by atoms with van der Waals surface area (Å²) in [5, 5.41) is 3.02. The number of nitrogens with zero attached hydrogens (tertiary/aromatic N) is 1. The fourth-order valence-corrected chi connectivity index (χ4v) is 1.49. The first-order valence-corrected chi connectivity index (χ1v) is 5.58. The predicted octanol–water partition coefficient (Wildman–Crippen LogP) is 2.75. The lowest BCUT2D eigenvalue weighted by Crippen LogP contribution is -2.21. The highest BCUT2D eigenvalue weighted by Gasteiger charge is 1.96. The first kappa shape index (κ1) is 12.0. The molecule has 2 rings (SSSR count). The third-order valence-corrected chi connectivity index (χ3v) is 2.37. The maximum absolute atomic E-state index is 5.82. The average Bonchev–Trinajstić information content (AvgIpc) is 2.40. The van der Waals surface area contributed by atoms with Gasteiger partial charge in [-0.3, -0.25) is 0 Å². The summed E-state index contributed by atoms with van der Waals surface area (Å²) in [6.45, 7) is 0. The van der Waals surface area contributed by atoms with Crippen LogP contribution in [0.1, 0.15) is 0 Å². The number of guanidine groups is 1. The van der Waals surface area contributed by atoms with E-state index >= 15 is 0 Å². The second-order valence-corrected chi connectivity index (χ2v) is 3.69. The van der Waals surface area contributed by atoms with Gasteiger partial charge >= 0.3 is 0 Å². The van der Waals surface area contributed by atoms with Gasteiger partial charge in [-0.05, 0) is 36.4 Å². The summed E-state index contributed by atoms with van der Waals surface area (Å²) in [7, 11) is 1.63. The van der Waals surface area contributed by atoms with Crippen LogP contribution in [0.2, 0.25) is 0 Å². The number of ether oxygens (including phenoxy) is 1. The summed E-state index contributed by atoms with van der Waals surface area (Å²) >= 11 is 0. The Morgan fingerprint density at radius 3 is 2.33 bits per heavy atom. The monoisotopic (exact) mass is 241 g/mol. The minimum absolute atomic E-state index is 0.353. The van der Waals surface area contributed by atoms with Gasteiger partial charge in [-0.2, -0.15) is 0 Å². The van der Waals surface area contributed by atoms with Crippen LogP contribution in [0, 0.1) is 0 Å². The highest BCUT2D eigenvalue weighted by atomic mass is 16.5. The third-order valence-electron chi connectivity index (χ3n) is 2.37. The fraction of sp³-hybridized carbons (Fsp3) is 0.0714. The molecule has 3 N–H and O–H groups in total. The molecule has 4 heteroatoms. The second kappa shape index (κ2) is 5.72. The molecule has 18 heavy (non-hydrogen) atoms. The number of methoxy groups -OCH3 is 1. The number of anilines is 1. The Kier molecular flexibility index (Phi) is 3.81. The maximum Gasteiger partial charge on any atom is 0.198 e. The Balaban J connectivity index is 2.07. The van der Waals surface area contributed by atoms with Gasteiger partial charge in [0.25, 0.3) is 0 Å².